The summed E-state index contributed by atoms with van der Waals surface area (Å²) in [6.07, 6.45) is 1.93. The fourth-order valence-electron chi connectivity index (χ4n) is 4.79. The van der Waals surface area contributed by atoms with Crippen molar-refractivity contribution in [2.24, 2.45) is 5.10 Å². The number of hydrazone groups is 1. The Labute approximate surface area is 192 Å². The predicted molar refractivity (Wildman–Crippen MR) is 120 cm³/mol. The number of piperidine rings is 1. The molecule has 8 heteroatoms. The van der Waals surface area contributed by atoms with E-state index in [-0.39, 0.29) is 24.3 Å². The normalized spacial score (nSPS) is 22.5. The highest BCUT2D eigenvalue weighted by Crippen LogP contribution is 2.35. The molecule has 0 unspecified atom stereocenters. The van der Waals surface area contributed by atoms with Gasteiger partial charge in [0.15, 0.2) is 5.79 Å². The Balaban J connectivity index is 1.35. The molecular formula is C25H28FN3O4. The van der Waals surface area contributed by atoms with Crippen LogP contribution in [0.15, 0.2) is 53.6 Å². The van der Waals surface area contributed by atoms with Crippen molar-refractivity contribution >= 4 is 11.6 Å². The number of amides is 1. The quantitative estimate of drug-likeness (QED) is 0.695. The number of rotatable bonds is 5. The lowest BCUT2D eigenvalue weighted by Gasteiger charge is -2.37. The van der Waals surface area contributed by atoms with Crippen molar-refractivity contribution in [2.75, 3.05) is 40.0 Å². The van der Waals surface area contributed by atoms with E-state index in [0.717, 1.165) is 37.2 Å². The number of likely N-dealkylation sites (tertiary alicyclic amines) is 1. The molecule has 2 aromatic carbocycles. The predicted octanol–water partition coefficient (Wildman–Crippen LogP) is 3.35. The molecule has 0 radical (unpaired) electrons. The summed E-state index contributed by atoms with van der Waals surface area (Å²) in [5, 5.41) is 6.13. The molecule has 1 spiro atoms. The van der Waals surface area contributed by atoms with Crippen LogP contribution < -0.4 is 4.74 Å². The van der Waals surface area contributed by atoms with Crippen molar-refractivity contribution in [2.45, 2.75) is 31.1 Å². The second-order valence-corrected chi connectivity index (χ2v) is 8.64. The number of carbonyl (C=O) groups excluding carboxylic acids is 1. The molecule has 3 aliphatic rings. The zero-order valence-electron chi connectivity index (χ0n) is 18.7. The molecule has 1 amide bonds. The minimum absolute atomic E-state index is 0.105. The molecule has 33 heavy (non-hydrogen) atoms. The van der Waals surface area contributed by atoms with E-state index in [1.165, 1.54) is 11.1 Å². The minimum atomic E-state index is -0.477. The van der Waals surface area contributed by atoms with Crippen LogP contribution in [0.25, 0.3) is 0 Å². The number of methoxy groups -OCH3 is 1. The minimum Gasteiger partial charge on any atom is -0.497 e. The van der Waals surface area contributed by atoms with Gasteiger partial charge in [-0.3, -0.25) is 9.69 Å². The maximum atomic E-state index is 14.5. The zero-order chi connectivity index (χ0) is 22.8. The van der Waals surface area contributed by atoms with Crippen molar-refractivity contribution in [3.63, 3.8) is 0 Å². The molecule has 3 aliphatic heterocycles. The summed E-state index contributed by atoms with van der Waals surface area (Å²) >= 11 is 0. The molecule has 0 aliphatic carbocycles. The summed E-state index contributed by atoms with van der Waals surface area (Å²) in [4.78, 5) is 15.5. The van der Waals surface area contributed by atoms with E-state index in [0.29, 0.717) is 30.9 Å². The van der Waals surface area contributed by atoms with Crippen LogP contribution in [0.3, 0.4) is 0 Å². The first-order valence-electron chi connectivity index (χ1n) is 11.4. The summed E-state index contributed by atoms with van der Waals surface area (Å²) < 4.78 is 31.3. The van der Waals surface area contributed by atoms with E-state index in [2.05, 4.69) is 10.0 Å². The number of nitrogens with zero attached hydrogens (tertiary/aromatic N) is 3. The van der Waals surface area contributed by atoms with Gasteiger partial charge in [0.25, 0.3) is 5.91 Å². The first-order valence-corrected chi connectivity index (χ1v) is 11.4. The molecule has 2 aromatic rings. The Morgan fingerprint density at radius 3 is 2.48 bits per heavy atom. The number of benzene rings is 2. The second-order valence-electron chi connectivity index (χ2n) is 8.64. The zero-order valence-corrected chi connectivity index (χ0v) is 18.7. The van der Waals surface area contributed by atoms with Gasteiger partial charge in [-0.25, -0.2) is 9.40 Å². The Morgan fingerprint density at radius 2 is 1.82 bits per heavy atom. The Kier molecular flexibility index (Phi) is 6.14. The third-order valence-electron chi connectivity index (χ3n) is 6.64. The molecule has 1 atom stereocenters. The fraction of sp³-hybridized carbons (Fsp3) is 0.440. The number of hydrogen-bond acceptors (Lipinski definition) is 6. The summed E-state index contributed by atoms with van der Waals surface area (Å²) in [5.41, 5.74) is 1.94. The topological polar surface area (TPSA) is 63.6 Å². The highest BCUT2D eigenvalue weighted by atomic mass is 19.1. The van der Waals surface area contributed by atoms with Gasteiger partial charge in [-0.1, -0.05) is 30.3 Å². The lowest BCUT2D eigenvalue weighted by molar-refractivity contribution is -0.186. The average Bonchev–Trinajstić information content (AvgIpc) is 3.49. The lowest BCUT2D eigenvalue weighted by atomic mass is 9.98. The van der Waals surface area contributed by atoms with Crippen LogP contribution in [0, 0.1) is 5.82 Å². The maximum absolute atomic E-state index is 14.5. The SMILES string of the molecule is COc1ccc([C@H]2CC(c3ccccc3F)=NN2C(=O)CN2CCC3(CC2)OCCO3)cc1. The molecule has 3 heterocycles. The molecule has 2 saturated heterocycles. The Morgan fingerprint density at radius 1 is 1.12 bits per heavy atom. The van der Waals surface area contributed by atoms with Gasteiger partial charge in [0.05, 0.1) is 38.6 Å². The van der Waals surface area contributed by atoms with Gasteiger partial charge in [-0.05, 0) is 23.8 Å². The number of hydrogen-bond donors (Lipinski definition) is 0. The van der Waals surface area contributed by atoms with Gasteiger partial charge >= 0.3 is 0 Å². The average molecular weight is 454 g/mol. The van der Waals surface area contributed by atoms with Crippen molar-refractivity contribution < 1.29 is 23.4 Å². The summed E-state index contributed by atoms with van der Waals surface area (Å²) in [6, 6.07) is 13.9. The molecule has 2 fully saturated rings. The van der Waals surface area contributed by atoms with Crippen LogP contribution in [-0.4, -0.2) is 67.3 Å². The third-order valence-corrected chi connectivity index (χ3v) is 6.64. The molecule has 5 rings (SSSR count). The van der Waals surface area contributed by atoms with Gasteiger partial charge in [-0.15, -0.1) is 0 Å². The molecular weight excluding hydrogens is 425 g/mol. The molecule has 174 valence electrons. The van der Waals surface area contributed by atoms with Crippen LogP contribution in [0.2, 0.25) is 0 Å². The van der Waals surface area contributed by atoms with Crippen molar-refractivity contribution in [1.82, 2.24) is 9.91 Å². The summed E-state index contributed by atoms with van der Waals surface area (Å²) in [7, 11) is 1.62. The smallest absolute Gasteiger partial charge is 0.257 e. The highest BCUT2D eigenvalue weighted by Gasteiger charge is 2.41. The number of halogens is 1. The maximum Gasteiger partial charge on any atom is 0.257 e. The molecule has 7 nitrogen and oxygen atoms in total. The van der Waals surface area contributed by atoms with Crippen molar-refractivity contribution in [3.05, 3.63) is 65.5 Å². The van der Waals surface area contributed by atoms with Crippen molar-refractivity contribution in [1.29, 1.82) is 0 Å². The molecule has 0 aromatic heterocycles. The Bertz CT molecular complexity index is 1030. The van der Waals surface area contributed by atoms with E-state index in [1.54, 1.807) is 25.3 Å². The third kappa shape index (κ3) is 4.51. The summed E-state index contributed by atoms with van der Waals surface area (Å²) in [5.74, 6) is -0.179. The van der Waals surface area contributed by atoms with Gasteiger partial charge < -0.3 is 14.2 Å². The van der Waals surface area contributed by atoms with E-state index in [4.69, 9.17) is 14.2 Å². The lowest BCUT2D eigenvalue weighted by Crippen LogP contribution is -2.48. The molecule has 0 N–H and O–H groups in total. The van der Waals surface area contributed by atoms with E-state index < -0.39 is 5.79 Å². The van der Waals surface area contributed by atoms with E-state index in [9.17, 15) is 9.18 Å². The first-order chi connectivity index (χ1) is 16.1. The van der Waals surface area contributed by atoms with Crippen LogP contribution in [0.1, 0.15) is 36.4 Å². The molecule has 0 saturated carbocycles. The van der Waals surface area contributed by atoms with E-state index >= 15 is 0 Å². The van der Waals surface area contributed by atoms with Gasteiger partial charge in [0, 0.05) is 37.9 Å². The van der Waals surface area contributed by atoms with Gasteiger partial charge in [0.1, 0.15) is 11.6 Å². The monoisotopic (exact) mass is 453 g/mol. The van der Waals surface area contributed by atoms with Crippen LogP contribution in [-0.2, 0) is 14.3 Å². The van der Waals surface area contributed by atoms with Crippen LogP contribution in [0.5, 0.6) is 5.75 Å². The van der Waals surface area contributed by atoms with Crippen LogP contribution in [0.4, 0.5) is 4.39 Å². The Hall–Kier alpha value is -2.81. The van der Waals surface area contributed by atoms with Crippen LogP contribution >= 0.6 is 0 Å². The fourth-order valence-corrected chi connectivity index (χ4v) is 4.79. The summed E-state index contributed by atoms with van der Waals surface area (Å²) in [6.45, 7) is 2.94. The second kappa shape index (κ2) is 9.21. The highest BCUT2D eigenvalue weighted by molar-refractivity contribution is 6.03. The largest absolute Gasteiger partial charge is 0.497 e. The first kappa shape index (κ1) is 22.0. The van der Waals surface area contributed by atoms with E-state index in [1.807, 2.05) is 24.3 Å². The van der Waals surface area contributed by atoms with Gasteiger partial charge in [-0.2, -0.15) is 5.10 Å². The van der Waals surface area contributed by atoms with Crippen molar-refractivity contribution in [3.8, 4) is 5.75 Å². The number of carbonyl (C=O) groups is 1. The molecule has 0 bridgehead atoms. The van der Waals surface area contributed by atoms with Gasteiger partial charge in [0.2, 0.25) is 0 Å². The standard InChI is InChI=1S/C25H28FN3O4/c1-31-19-8-6-18(7-9-19)23-16-22(20-4-2-3-5-21(20)26)27-29(23)24(30)17-28-12-10-25(11-13-28)32-14-15-33-25/h2-9,23H,10-17H2,1H3/t23-/m1/s1. The number of ether oxygens (including phenoxy) is 3.